The van der Waals surface area contributed by atoms with Crippen molar-refractivity contribution in [1.82, 2.24) is 15.0 Å². The first-order valence-electron chi connectivity index (χ1n) is 8.56. The smallest absolute Gasteiger partial charge is 0.227 e. The third-order valence-corrected chi connectivity index (χ3v) is 4.75. The van der Waals surface area contributed by atoms with Crippen molar-refractivity contribution in [1.29, 1.82) is 0 Å². The van der Waals surface area contributed by atoms with Gasteiger partial charge in [0.25, 0.3) is 0 Å². The molecular formula is C18H23FN4O2. The Balaban J connectivity index is 1.60. The minimum absolute atomic E-state index is 0.0841. The lowest BCUT2D eigenvalue weighted by atomic mass is 10.1. The molecule has 134 valence electrons. The molecule has 7 heteroatoms. The summed E-state index contributed by atoms with van der Waals surface area (Å²) in [6.45, 7) is 5.07. The number of nitrogens with zero attached hydrogens (tertiary/aromatic N) is 3. The molecule has 0 bridgehead atoms. The Bertz CT molecular complexity index is 761. The van der Waals surface area contributed by atoms with Gasteiger partial charge in [0.2, 0.25) is 17.6 Å². The number of hydrogen-bond donors (Lipinski definition) is 1. The minimum atomic E-state index is -0.270. The van der Waals surface area contributed by atoms with Gasteiger partial charge in [-0.1, -0.05) is 5.16 Å². The third-order valence-electron chi connectivity index (χ3n) is 4.75. The van der Waals surface area contributed by atoms with Gasteiger partial charge in [0.1, 0.15) is 5.82 Å². The Kier molecular flexibility index (Phi) is 5.13. The molecule has 1 aliphatic heterocycles. The van der Waals surface area contributed by atoms with Gasteiger partial charge in [-0.25, -0.2) is 4.39 Å². The zero-order valence-electron chi connectivity index (χ0n) is 14.5. The van der Waals surface area contributed by atoms with Crippen molar-refractivity contribution < 1.29 is 13.7 Å². The number of carbonyl (C=O) groups excluding carboxylic acids is 1. The molecule has 6 nitrogen and oxygen atoms in total. The fraction of sp³-hybridized carbons (Fsp3) is 0.500. The van der Waals surface area contributed by atoms with Gasteiger partial charge in [0.05, 0.1) is 0 Å². The number of halogens is 1. The number of aromatic nitrogens is 2. The maximum atomic E-state index is 13.3. The van der Waals surface area contributed by atoms with Crippen LogP contribution in [0.25, 0.3) is 11.4 Å². The summed E-state index contributed by atoms with van der Waals surface area (Å²) >= 11 is 0. The summed E-state index contributed by atoms with van der Waals surface area (Å²) in [4.78, 5) is 18.6. The first-order valence-corrected chi connectivity index (χ1v) is 8.56. The molecule has 2 atom stereocenters. The SMILES string of the molecule is Cc1cc(-c2noc(CCC(=O)N3CC(CN)CC3C)n2)ccc1F. The summed E-state index contributed by atoms with van der Waals surface area (Å²) in [5.41, 5.74) is 6.92. The molecular weight excluding hydrogens is 323 g/mol. The fourth-order valence-electron chi connectivity index (χ4n) is 3.28. The summed E-state index contributed by atoms with van der Waals surface area (Å²) < 4.78 is 18.6. The third kappa shape index (κ3) is 3.87. The maximum Gasteiger partial charge on any atom is 0.227 e. The second-order valence-electron chi connectivity index (χ2n) is 6.71. The Morgan fingerprint density at radius 3 is 2.96 bits per heavy atom. The number of carbonyl (C=O) groups is 1. The van der Waals surface area contributed by atoms with Crippen molar-refractivity contribution in [2.45, 2.75) is 39.2 Å². The van der Waals surface area contributed by atoms with Crippen molar-refractivity contribution in [3.05, 3.63) is 35.5 Å². The van der Waals surface area contributed by atoms with E-state index in [1.54, 1.807) is 19.1 Å². The number of aryl methyl sites for hydroxylation is 2. The number of amides is 1. The molecule has 1 aliphatic rings. The summed E-state index contributed by atoms with van der Waals surface area (Å²) in [6.07, 6.45) is 1.67. The predicted octanol–water partition coefficient (Wildman–Crippen LogP) is 2.31. The zero-order valence-corrected chi connectivity index (χ0v) is 14.5. The lowest BCUT2D eigenvalue weighted by Crippen LogP contribution is -2.34. The molecule has 1 aromatic carbocycles. The van der Waals surface area contributed by atoms with E-state index < -0.39 is 0 Å². The van der Waals surface area contributed by atoms with Gasteiger partial charge in [-0.3, -0.25) is 4.79 Å². The van der Waals surface area contributed by atoms with E-state index in [0.29, 0.717) is 48.1 Å². The highest BCUT2D eigenvalue weighted by atomic mass is 19.1. The number of nitrogens with two attached hydrogens (primary N) is 1. The average Bonchev–Trinajstić information content (AvgIpc) is 3.21. The van der Waals surface area contributed by atoms with Crippen molar-refractivity contribution in [2.24, 2.45) is 11.7 Å². The van der Waals surface area contributed by atoms with E-state index in [2.05, 4.69) is 17.1 Å². The van der Waals surface area contributed by atoms with E-state index in [1.807, 2.05) is 4.90 Å². The molecule has 1 aromatic heterocycles. The van der Waals surface area contributed by atoms with Gasteiger partial charge in [-0.05, 0) is 56.5 Å². The molecule has 25 heavy (non-hydrogen) atoms. The van der Waals surface area contributed by atoms with Gasteiger partial charge < -0.3 is 15.2 Å². The standard InChI is InChI=1S/C18H23FN4O2/c1-11-7-14(3-4-15(11)19)18-21-16(25-22-18)5-6-17(24)23-10-13(9-20)8-12(23)2/h3-4,7,12-13H,5-6,8-10,20H2,1-2H3. The van der Waals surface area contributed by atoms with Gasteiger partial charge >= 0.3 is 0 Å². The molecule has 1 amide bonds. The average molecular weight is 346 g/mol. The topological polar surface area (TPSA) is 85.2 Å². The van der Waals surface area contributed by atoms with E-state index in [4.69, 9.17) is 10.3 Å². The van der Waals surface area contributed by atoms with Crippen LogP contribution in [0, 0.1) is 18.7 Å². The Labute approximate surface area is 146 Å². The molecule has 0 saturated carbocycles. The molecule has 2 heterocycles. The van der Waals surface area contributed by atoms with Crippen LogP contribution in [0.4, 0.5) is 4.39 Å². The monoisotopic (exact) mass is 346 g/mol. The van der Waals surface area contributed by atoms with Crippen LogP contribution in [-0.2, 0) is 11.2 Å². The van der Waals surface area contributed by atoms with Crippen LogP contribution in [0.1, 0.15) is 31.2 Å². The van der Waals surface area contributed by atoms with E-state index in [9.17, 15) is 9.18 Å². The van der Waals surface area contributed by atoms with Crippen molar-refractivity contribution in [3.63, 3.8) is 0 Å². The predicted molar refractivity (Wildman–Crippen MR) is 91.1 cm³/mol. The first kappa shape index (κ1) is 17.5. The van der Waals surface area contributed by atoms with Gasteiger partial charge in [-0.2, -0.15) is 4.98 Å². The van der Waals surface area contributed by atoms with Gasteiger partial charge in [-0.15, -0.1) is 0 Å². The Morgan fingerprint density at radius 2 is 2.28 bits per heavy atom. The highest BCUT2D eigenvalue weighted by Gasteiger charge is 2.31. The number of rotatable bonds is 5. The summed E-state index contributed by atoms with van der Waals surface area (Å²) in [5, 5.41) is 3.92. The fourth-order valence-corrected chi connectivity index (χ4v) is 3.28. The molecule has 0 aliphatic carbocycles. The molecule has 2 unspecified atom stereocenters. The lowest BCUT2D eigenvalue weighted by molar-refractivity contribution is -0.131. The minimum Gasteiger partial charge on any atom is -0.340 e. The maximum absolute atomic E-state index is 13.3. The molecule has 1 saturated heterocycles. The molecule has 0 spiro atoms. The largest absolute Gasteiger partial charge is 0.340 e. The van der Waals surface area contributed by atoms with Crippen molar-refractivity contribution in [2.75, 3.05) is 13.1 Å². The summed E-state index contributed by atoms with van der Waals surface area (Å²) in [5.74, 6) is 1.01. The highest BCUT2D eigenvalue weighted by molar-refractivity contribution is 5.77. The van der Waals surface area contributed by atoms with E-state index in [-0.39, 0.29) is 17.8 Å². The molecule has 2 N–H and O–H groups in total. The quantitative estimate of drug-likeness (QED) is 0.898. The first-order chi connectivity index (χ1) is 12.0. The van der Waals surface area contributed by atoms with Crippen LogP contribution in [0.2, 0.25) is 0 Å². The van der Waals surface area contributed by atoms with Gasteiger partial charge in [0, 0.05) is 31.0 Å². The normalized spacial score (nSPS) is 20.2. The summed E-state index contributed by atoms with van der Waals surface area (Å²) in [6, 6.07) is 4.89. The van der Waals surface area contributed by atoms with Crippen molar-refractivity contribution in [3.8, 4) is 11.4 Å². The molecule has 2 aromatic rings. The second kappa shape index (κ2) is 7.31. The van der Waals surface area contributed by atoms with E-state index >= 15 is 0 Å². The van der Waals surface area contributed by atoms with Crippen LogP contribution in [0.3, 0.4) is 0 Å². The molecule has 0 radical (unpaired) electrons. The van der Waals surface area contributed by atoms with E-state index in [1.165, 1.54) is 6.07 Å². The molecule has 3 rings (SSSR count). The second-order valence-corrected chi connectivity index (χ2v) is 6.71. The van der Waals surface area contributed by atoms with Crippen molar-refractivity contribution >= 4 is 5.91 Å². The highest BCUT2D eigenvalue weighted by Crippen LogP contribution is 2.23. The number of likely N-dealkylation sites (tertiary alicyclic amines) is 1. The number of hydrogen-bond acceptors (Lipinski definition) is 5. The van der Waals surface area contributed by atoms with Crippen LogP contribution < -0.4 is 5.73 Å². The van der Waals surface area contributed by atoms with Crippen LogP contribution in [-0.4, -0.2) is 40.1 Å². The molecule has 1 fully saturated rings. The Hall–Kier alpha value is -2.28. The van der Waals surface area contributed by atoms with Crippen LogP contribution >= 0.6 is 0 Å². The van der Waals surface area contributed by atoms with E-state index in [0.717, 1.165) is 13.0 Å². The van der Waals surface area contributed by atoms with Gasteiger partial charge in [0.15, 0.2) is 0 Å². The van der Waals surface area contributed by atoms with Crippen LogP contribution in [0.15, 0.2) is 22.7 Å². The number of benzene rings is 1. The van der Waals surface area contributed by atoms with Crippen LogP contribution in [0.5, 0.6) is 0 Å². The summed E-state index contributed by atoms with van der Waals surface area (Å²) in [7, 11) is 0. The lowest BCUT2D eigenvalue weighted by Gasteiger charge is -2.21. The zero-order chi connectivity index (χ0) is 18.0. The Morgan fingerprint density at radius 1 is 1.48 bits per heavy atom.